The fourth-order valence-corrected chi connectivity index (χ4v) is 2.96. The maximum atomic E-state index is 12.6. The smallest absolute Gasteiger partial charge is 0.288 e. The molecule has 0 saturated heterocycles. The van der Waals surface area contributed by atoms with Crippen LogP contribution in [0.4, 0.5) is 5.69 Å². The Morgan fingerprint density at radius 2 is 2.04 bits per heavy atom. The van der Waals surface area contributed by atoms with Gasteiger partial charge in [-0.25, -0.2) is 0 Å². The lowest BCUT2D eigenvalue weighted by Gasteiger charge is -2.09. The molecular formula is C19H16ClN3O5. The van der Waals surface area contributed by atoms with Gasteiger partial charge in [0.1, 0.15) is 5.02 Å². The summed E-state index contributed by atoms with van der Waals surface area (Å²) in [6, 6.07) is 8.44. The van der Waals surface area contributed by atoms with Gasteiger partial charge >= 0.3 is 0 Å². The zero-order valence-electron chi connectivity index (χ0n) is 14.8. The monoisotopic (exact) mass is 401 g/mol. The van der Waals surface area contributed by atoms with Crippen LogP contribution in [-0.2, 0) is 0 Å². The van der Waals surface area contributed by atoms with Crippen LogP contribution in [0.25, 0.3) is 22.2 Å². The van der Waals surface area contributed by atoms with E-state index in [2.05, 4.69) is 10.3 Å². The molecule has 0 saturated carbocycles. The van der Waals surface area contributed by atoms with Crippen molar-refractivity contribution in [2.45, 2.75) is 13.3 Å². The van der Waals surface area contributed by atoms with E-state index in [1.165, 1.54) is 24.3 Å². The number of hydrogen-bond donors (Lipinski definition) is 3. The van der Waals surface area contributed by atoms with Gasteiger partial charge in [-0.1, -0.05) is 24.6 Å². The number of halogens is 1. The van der Waals surface area contributed by atoms with Gasteiger partial charge in [0.25, 0.3) is 11.6 Å². The number of aromatic amines is 1. The molecule has 8 nitrogen and oxygen atoms in total. The van der Waals surface area contributed by atoms with E-state index in [0.29, 0.717) is 17.6 Å². The predicted octanol–water partition coefficient (Wildman–Crippen LogP) is 3.60. The van der Waals surface area contributed by atoms with Crippen molar-refractivity contribution in [1.29, 1.82) is 0 Å². The molecule has 3 N–H and O–H groups in total. The number of carbonyl (C=O) groups is 1. The fourth-order valence-electron chi connectivity index (χ4n) is 2.77. The van der Waals surface area contributed by atoms with Crippen LogP contribution in [0.5, 0.6) is 5.75 Å². The quantitative estimate of drug-likeness (QED) is 0.445. The van der Waals surface area contributed by atoms with Crippen molar-refractivity contribution in [1.82, 2.24) is 10.3 Å². The number of hydrogen-bond acceptors (Lipinski definition) is 5. The molecule has 1 heterocycles. The Hall–Kier alpha value is -3.39. The molecule has 28 heavy (non-hydrogen) atoms. The highest BCUT2D eigenvalue weighted by atomic mass is 35.5. The number of benzene rings is 2. The Bertz CT molecular complexity index is 1160. The molecule has 144 valence electrons. The summed E-state index contributed by atoms with van der Waals surface area (Å²) in [5.41, 5.74) is -0.102. The average Bonchev–Trinajstić information content (AvgIpc) is 2.68. The third kappa shape index (κ3) is 3.54. The lowest BCUT2D eigenvalue weighted by atomic mass is 10.1. The van der Waals surface area contributed by atoms with Gasteiger partial charge in [-0.15, -0.1) is 0 Å². The predicted molar refractivity (Wildman–Crippen MR) is 106 cm³/mol. The van der Waals surface area contributed by atoms with Gasteiger partial charge in [0.05, 0.1) is 21.5 Å². The summed E-state index contributed by atoms with van der Waals surface area (Å²) in [6.45, 7) is 2.43. The molecule has 0 spiro atoms. The Labute approximate surface area is 163 Å². The Morgan fingerprint density at radius 3 is 2.71 bits per heavy atom. The lowest BCUT2D eigenvalue weighted by molar-refractivity contribution is -0.384. The van der Waals surface area contributed by atoms with Gasteiger partial charge in [-0.3, -0.25) is 19.7 Å². The summed E-state index contributed by atoms with van der Waals surface area (Å²) in [5, 5.41) is 24.3. The molecule has 0 atom stereocenters. The molecule has 1 aromatic heterocycles. The Morgan fingerprint density at radius 1 is 1.29 bits per heavy atom. The summed E-state index contributed by atoms with van der Waals surface area (Å²) in [5.74, 6) is -0.921. The number of amides is 1. The van der Waals surface area contributed by atoms with Crippen LogP contribution in [0.3, 0.4) is 0 Å². The third-order valence-electron chi connectivity index (χ3n) is 4.20. The number of nitro groups is 1. The van der Waals surface area contributed by atoms with Gasteiger partial charge in [-0.05, 0) is 30.7 Å². The van der Waals surface area contributed by atoms with Crippen LogP contribution >= 0.6 is 11.6 Å². The maximum absolute atomic E-state index is 12.6. The number of rotatable bonds is 5. The molecule has 0 bridgehead atoms. The van der Waals surface area contributed by atoms with Crippen molar-refractivity contribution in [2.75, 3.05) is 6.54 Å². The number of pyridine rings is 1. The highest BCUT2D eigenvalue weighted by molar-refractivity contribution is 6.32. The van der Waals surface area contributed by atoms with Crippen molar-refractivity contribution < 1.29 is 14.8 Å². The molecule has 0 fully saturated rings. The number of H-pyrrole nitrogens is 1. The van der Waals surface area contributed by atoms with E-state index in [1.807, 2.05) is 6.92 Å². The zero-order valence-corrected chi connectivity index (χ0v) is 15.5. The summed E-state index contributed by atoms with van der Waals surface area (Å²) >= 11 is 5.81. The fraction of sp³-hybridized carbons (Fsp3) is 0.158. The number of aromatic nitrogens is 1. The van der Waals surface area contributed by atoms with Crippen molar-refractivity contribution in [3.8, 4) is 17.0 Å². The van der Waals surface area contributed by atoms with E-state index in [1.54, 1.807) is 12.1 Å². The van der Waals surface area contributed by atoms with E-state index in [0.717, 1.165) is 6.42 Å². The number of nitrogens with zero attached hydrogens (tertiary/aromatic N) is 1. The van der Waals surface area contributed by atoms with Crippen LogP contribution in [-0.4, -0.2) is 27.5 Å². The van der Waals surface area contributed by atoms with Gasteiger partial charge in [0.15, 0.2) is 5.75 Å². The van der Waals surface area contributed by atoms with Crippen molar-refractivity contribution in [3.63, 3.8) is 0 Å². The van der Waals surface area contributed by atoms with Crippen molar-refractivity contribution >= 4 is 34.1 Å². The first-order valence-electron chi connectivity index (χ1n) is 8.45. The summed E-state index contributed by atoms with van der Waals surface area (Å²) in [6.07, 6.45) is 0.775. The number of fused-ring (bicyclic) bond motifs is 1. The minimum Gasteiger partial charge on any atom is -0.503 e. The van der Waals surface area contributed by atoms with E-state index in [4.69, 9.17) is 11.6 Å². The molecule has 0 aliphatic heterocycles. The second-order valence-electron chi connectivity index (χ2n) is 6.12. The molecule has 2 aromatic carbocycles. The minimum atomic E-state index is -0.688. The normalized spacial score (nSPS) is 10.8. The van der Waals surface area contributed by atoms with Crippen LogP contribution in [0, 0.1) is 10.1 Å². The molecule has 3 aromatic rings. The SMILES string of the molecule is CCCNC(=O)c1ccc2[nH]c(-c3ccc(Cl)c([N+](=O)[O-])c3)c(O)c(=O)c2c1. The van der Waals surface area contributed by atoms with Crippen LogP contribution < -0.4 is 10.7 Å². The van der Waals surface area contributed by atoms with Crippen molar-refractivity contribution in [3.05, 3.63) is 67.3 Å². The number of nitro benzene ring substituents is 1. The van der Waals surface area contributed by atoms with Crippen molar-refractivity contribution in [2.24, 2.45) is 0 Å². The topological polar surface area (TPSA) is 125 Å². The lowest BCUT2D eigenvalue weighted by Crippen LogP contribution is -2.24. The molecule has 0 aliphatic carbocycles. The van der Waals surface area contributed by atoms with E-state index < -0.39 is 16.1 Å². The number of aromatic hydroxyl groups is 1. The standard InChI is InChI=1S/C19H16ClN3O5/c1-2-7-21-19(26)11-4-6-14-12(8-11)17(24)18(25)16(22-14)10-3-5-13(20)15(9-10)23(27)28/h3-6,8-9,25H,2,7H2,1H3,(H,21,26)(H,22,24). The van der Waals surface area contributed by atoms with E-state index >= 15 is 0 Å². The first kappa shape index (κ1) is 19.4. The van der Waals surface area contributed by atoms with Gasteiger partial charge in [-0.2, -0.15) is 0 Å². The third-order valence-corrected chi connectivity index (χ3v) is 4.52. The Kier molecular flexibility index (Phi) is 5.32. The average molecular weight is 402 g/mol. The minimum absolute atomic E-state index is 0.0282. The van der Waals surface area contributed by atoms with Crippen LogP contribution in [0.15, 0.2) is 41.2 Å². The molecule has 0 aliphatic rings. The van der Waals surface area contributed by atoms with Gasteiger partial charge in [0.2, 0.25) is 5.43 Å². The maximum Gasteiger partial charge on any atom is 0.288 e. The molecule has 1 amide bonds. The zero-order chi connectivity index (χ0) is 20.4. The second kappa shape index (κ2) is 7.69. The highest BCUT2D eigenvalue weighted by Gasteiger charge is 2.18. The van der Waals surface area contributed by atoms with Gasteiger partial charge in [0, 0.05) is 23.7 Å². The molecule has 0 unspecified atom stereocenters. The van der Waals surface area contributed by atoms with E-state index in [9.17, 15) is 24.8 Å². The highest BCUT2D eigenvalue weighted by Crippen LogP contribution is 2.33. The summed E-state index contributed by atoms with van der Waals surface area (Å²) in [4.78, 5) is 38.1. The number of carbonyl (C=O) groups excluding carboxylic acids is 1. The molecule has 3 rings (SSSR count). The summed E-state index contributed by atoms with van der Waals surface area (Å²) < 4.78 is 0. The van der Waals surface area contributed by atoms with Crippen LogP contribution in [0.2, 0.25) is 5.02 Å². The first-order valence-corrected chi connectivity index (χ1v) is 8.82. The number of nitrogens with one attached hydrogen (secondary N) is 2. The summed E-state index contributed by atoms with van der Waals surface area (Å²) in [7, 11) is 0. The largest absolute Gasteiger partial charge is 0.503 e. The Balaban J connectivity index is 2.13. The molecule has 9 heteroatoms. The van der Waals surface area contributed by atoms with Crippen LogP contribution in [0.1, 0.15) is 23.7 Å². The van der Waals surface area contributed by atoms with Gasteiger partial charge < -0.3 is 15.4 Å². The molecular weight excluding hydrogens is 386 g/mol. The van der Waals surface area contributed by atoms with E-state index in [-0.39, 0.29) is 33.3 Å². The first-order chi connectivity index (χ1) is 13.3. The molecule has 0 radical (unpaired) electrons. The second-order valence-corrected chi connectivity index (χ2v) is 6.52.